The van der Waals surface area contributed by atoms with E-state index in [9.17, 15) is 14.4 Å². The number of nitrogens with one attached hydrogen (secondary N) is 1. The standard InChI is InChI=1S/C6H5N3O3/c10-3-4(11)6(8-5(3)12)1-2-7-9-6/h1-2H2,(H,8,12). The van der Waals surface area contributed by atoms with Gasteiger partial charge >= 0.3 is 0 Å². The van der Waals surface area contributed by atoms with Crippen LogP contribution in [0, 0.1) is 0 Å². The average Bonchev–Trinajstić information content (AvgIpc) is 2.57. The van der Waals surface area contributed by atoms with Gasteiger partial charge in [0.1, 0.15) is 0 Å². The summed E-state index contributed by atoms with van der Waals surface area (Å²) in [5.74, 6) is -2.68. The molecule has 1 saturated heterocycles. The van der Waals surface area contributed by atoms with Gasteiger partial charge in [0.2, 0.25) is 5.66 Å². The summed E-state index contributed by atoms with van der Waals surface area (Å²) in [5, 5.41) is 9.38. The van der Waals surface area contributed by atoms with Crippen molar-refractivity contribution in [1.82, 2.24) is 5.32 Å². The fraction of sp³-hybridized carbons (Fsp3) is 0.500. The molecule has 0 radical (unpaired) electrons. The first kappa shape index (κ1) is 7.08. The number of ketones is 2. The second-order valence-electron chi connectivity index (χ2n) is 2.69. The van der Waals surface area contributed by atoms with Crippen LogP contribution in [0.5, 0.6) is 0 Å². The van der Waals surface area contributed by atoms with E-state index in [-0.39, 0.29) is 0 Å². The van der Waals surface area contributed by atoms with Crippen LogP contribution in [-0.2, 0) is 14.4 Å². The van der Waals surface area contributed by atoms with Gasteiger partial charge in [-0.05, 0) is 0 Å². The van der Waals surface area contributed by atoms with Gasteiger partial charge in [-0.25, -0.2) is 0 Å². The number of amides is 1. The Morgan fingerprint density at radius 3 is 2.50 bits per heavy atom. The molecule has 62 valence electrons. The summed E-state index contributed by atoms with van der Waals surface area (Å²) >= 11 is 0. The van der Waals surface area contributed by atoms with Crippen molar-refractivity contribution in [3.05, 3.63) is 0 Å². The highest BCUT2D eigenvalue weighted by atomic mass is 16.2. The molecule has 0 aromatic carbocycles. The highest BCUT2D eigenvalue weighted by molar-refractivity contribution is 6.68. The molecule has 2 rings (SSSR count). The van der Waals surface area contributed by atoms with Gasteiger partial charge < -0.3 is 5.32 Å². The maximum absolute atomic E-state index is 11.2. The molecule has 6 heteroatoms. The Bertz CT molecular complexity index is 322. The molecule has 0 aromatic rings. The predicted molar refractivity (Wildman–Crippen MR) is 35.2 cm³/mol. The summed E-state index contributed by atoms with van der Waals surface area (Å²) in [6, 6.07) is 0. The van der Waals surface area contributed by atoms with Gasteiger partial charge in [-0.1, -0.05) is 0 Å². The SMILES string of the molecule is O=C1NC2(CCN=N2)C(=O)C1=O. The molecule has 2 heterocycles. The minimum Gasteiger partial charge on any atom is -0.317 e. The van der Waals surface area contributed by atoms with E-state index in [1.54, 1.807) is 0 Å². The molecule has 1 fully saturated rings. The topological polar surface area (TPSA) is 88.0 Å². The van der Waals surface area contributed by atoms with Crippen LogP contribution in [0.1, 0.15) is 6.42 Å². The third-order valence-corrected chi connectivity index (χ3v) is 1.92. The molecular weight excluding hydrogens is 162 g/mol. The lowest BCUT2D eigenvalue weighted by Gasteiger charge is -2.12. The molecule has 12 heavy (non-hydrogen) atoms. The maximum atomic E-state index is 11.2. The van der Waals surface area contributed by atoms with E-state index in [2.05, 4.69) is 15.5 Å². The molecule has 1 unspecified atom stereocenters. The summed E-state index contributed by atoms with van der Waals surface area (Å²) in [7, 11) is 0. The fourth-order valence-corrected chi connectivity index (χ4v) is 1.27. The smallest absolute Gasteiger partial charge is 0.298 e. The third-order valence-electron chi connectivity index (χ3n) is 1.92. The van der Waals surface area contributed by atoms with Crippen LogP contribution in [0.4, 0.5) is 0 Å². The Labute approximate surface area is 67.0 Å². The van der Waals surface area contributed by atoms with E-state index in [1.165, 1.54) is 0 Å². The fourth-order valence-electron chi connectivity index (χ4n) is 1.27. The van der Waals surface area contributed by atoms with Gasteiger partial charge in [0.15, 0.2) is 0 Å². The predicted octanol–water partition coefficient (Wildman–Crippen LogP) is -1.19. The lowest BCUT2D eigenvalue weighted by molar-refractivity contribution is -0.141. The van der Waals surface area contributed by atoms with Crippen molar-refractivity contribution in [1.29, 1.82) is 0 Å². The van der Waals surface area contributed by atoms with E-state index >= 15 is 0 Å². The van der Waals surface area contributed by atoms with Crippen LogP contribution in [0.3, 0.4) is 0 Å². The first-order valence-electron chi connectivity index (χ1n) is 3.46. The highest BCUT2D eigenvalue weighted by Crippen LogP contribution is 2.24. The summed E-state index contributed by atoms with van der Waals surface area (Å²) < 4.78 is 0. The zero-order valence-corrected chi connectivity index (χ0v) is 6.03. The molecule has 2 aliphatic heterocycles. The van der Waals surface area contributed by atoms with Crippen molar-refractivity contribution in [3.63, 3.8) is 0 Å². The van der Waals surface area contributed by atoms with Crippen LogP contribution in [-0.4, -0.2) is 29.7 Å². The minimum atomic E-state index is -1.34. The number of hydrogen-bond donors (Lipinski definition) is 1. The van der Waals surface area contributed by atoms with Crippen molar-refractivity contribution in [2.45, 2.75) is 12.1 Å². The number of azo groups is 1. The van der Waals surface area contributed by atoms with E-state index in [4.69, 9.17) is 0 Å². The molecule has 0 saturated carbocycles. The number of nitrogens with zero attached hydrogens (tertiary/aromatic N) is 2. The number of carbonyl (C=O) groups is 3. The molecule has 1 amide bonds. The van der Waals surface area contributed by atoms with E-state index in [1.807, 2.05) is 0 Å². The Kier molecular flexibility index (Phi) is 1.16. The van der Waals surface area contributed by atoms with Crippen molar-refractivity contribution in [2.75, 3.05) is 6.54 Å². The minimum absolute atomic E-state index is 0.295. The number of rotatable bonds is 0. The zero-order chi connectivity index (χ0) is 8.77. The molecule has 0 aromatic heterocycles. The lowest BCUT2D eigenvalue weighted by atomic mass is 10.0. The molecule has 1 atom stereocenters. The largest absolute Gasteiger partial charge is 0.317 e. The Morgan fingerprint density at radius 1 is 1.33 bits per heavy atom. The summed E-state index contributed by atoms with van der Waals surface area (Å²) in [6.07, 6.45) is 0.295. The average molecular weight is 167 g/mol. The van der Waals surface area contributed by atoms with Crippen molar-refractivity contribution in [3.8, 4) is 0 Å². The van der Waals surface area contributed by atoms with Crippen LogP contribution in [0.15, 0.2) is 10.2 Å². The normalized spacial score (nSPS) is 33.5. The van der Waals surface area contributed by atoms with E-state index in [0.29, 0.717) is 13.0 Å². The monoisotopic (exact) mass is 167 g/mol. The van der Waals surface area contributed by atoms with Crippen LogP contribution >= 0.6 is 0 Å². The quantitative estimate of drug-likeness (QED) is 0.460. The van der Waals surface area contributed by atoms with Gasteiger partial charge in [-0.3, -0.25) is 14.4 Å². The van der Waals surface area contributed by atoms with Crippen LogP contribution < -0.4 is 5.32 Å². The Morgan fingerprint density at radius 2 is 2.08 bits per heavy atom. The third kappa shape index (κ3) is 0.662. The zero-order valence-electron chi connectivity index (χ0n) is 6.03. The molecule has 0 aliphatic carbocycles. The van der Waals surface area contributed by atoms with E-state index in [0.717, 1.165) is 0 Å². The molecular formula is C6H5N3O3. The molecule has 2 aliphatic rings. The van der Waals surface area contributed by atoms with Gasteiger partial charge in [0.05, 0.1) is 6.54 Å². The van der Waals surface area contributed by atoms with Crippen LogP contribution in [0.2, 0.25) is 0 Å². The number of hydrogen-bond acceptors (Lipinski definition) is 5. The maximum Gasteiger partial charge on any atom is 0.298 e. The van der Waals surface area contributed by atoms with Crippen molar-refractivity contribution < 1.29 is 14.4 Å². The van der Waals surface area contributed by atoms with Crippen molar-refractivity contribution >= 4 is 17.5 Å². The number of Topliss-reactive ketones (excluding diaryl/α,β-unsaturated/α-hetero) is 2. The van der Waals surface area contributed by atoms with Gasteiger partial charge in [0.25, 0.3) is 17.5 Å². The van der Waals surface area contributed by atoms with Gasteiger partial charge in [0, 0.05) is 6.42 Å². The Hall–Kier alpha value is -1.59. The van der Waals surface area contributed by atoms with Gasteiger partial charge in [-0.15, -0.1) is 0 Å². The first-order chi connectivity index (χ1) is 5.66. The second kappa shape index (κ2) is 1.96. The highest BCUT2D eigenvalue weighted by Gasteiger charge is 2.54. The molecule has 6 nitrogen and oxygen atoms in total. The second-order valence-corrected chi connectivity index (χ2v) is 2.69. The lowest BCUT2D eigenvalue weighted by Crippen LogP contribution is -2.42. The van der Waals surface area contributed by atoms with Crippen LogP contribution in [0.25, 0.3) is 0 Å². The van der Waals surface area contributed by atoms with Crippen molar-refractivity contribution in [2.24, 2.45) is 10.2 Å². The molecule has 1 spiro atoms. The Balaban J connectivity index is 2.42. The van der Waals surface area contributed by atoms with Gasteiger partial charge in [-0.2, -0.15) is 10.2 Å². The van der Waals surface area contributed by atoms with E-state index < -0.39 is 23.1 Å². The molecule has 1 N–H and O–H groups in total. The molecule has 0 bridgehead atoms. The summed E-state index contributed by atoms with van der Waals surface area (Å²) in [6.45, 7) is 0.374. The summed E-state index contributed by atoms with van der Waals surface area (Å²) in [4.78, 5) is 32.7. The first-order valence-corrected chi connectivity index (χ1v) is 3.46. The number of carbonyl (C=O) groups excluding carboxylic acids is 3. The summed E-state index contributed by atoms with van der Waals surface area (Å²) in [5.41, 5.74) is -1.34.